The van der Waals surface area contributed by atoms with E-state index in [-0.39, 0.29) is 0 Å². The lowest BCUT2D eigenvalue weighted by Gasteiger charge is -2.26. The van der Waals surface area contributed by atoms with E-state index in [0.29, 0.717) is 12.5 Å². The molecule has 0 atom stereocenters. The topological polar surface area (TPSA) is 50.4 Å². The van der Waals surface area contributed by atoms with Gasteiger partial charge in [0.2, 0.25) is 5.88 Å². The van der Waals surface area contributed by atoms with Gasteiger partial charge in [-0.3, -0.25) is 10.00 Å². The summed E-state index contributed by atoms with van der Waals surface area (Å²) < 4.78 is 11.0. The van der Waals surface area contributed by atoms with Crippen LogP contribution in [0.5, 0.6) is 5.88 Å². The minimum Gasteiger partial charge on any atom is -0.475 e. The average molecular weight is 273 g/mol. The third kappa shape index (κ3) is 3.37. The van der Waals surface area contributed by atoms with Crippen LogP contribution in [-0.4, -0.2) is 54.6 Å². The lowest BCUT2D eigenvalue weighted by Crippen LogP contribution is -2.38. The molecular formula is C15H19N3O2. The molecular weight excluding hydrogens is 254 g/mol. The van der Waals surface area contributed by atoms with E-state index in [0.717, 1.165) is 44.1 Å². The number of aromatic amines is 1. The van der Waals surface area contributed by atoms with Crippen LogP contribution < -0.4 is 4.74 Å². The lowest BCUT2D eigenvalue weighted by molar-refractivity contribution is 0.0320. The number of aromatic nitrogens is 2. The third-order valence-corrected chi connectivity index (χ3v) is 3.40. The summed E-state index contributed by atoms with van der Waals surface area (Å²) in [7, 11) is 0. The van der Waals surface area contributed by atoms with Crippen molar-refractivity contribution in [2.24, 2.45) is 0 Å². The molecule has 3 rings (SSSR count). The smallest absolute Gasteiger partial charge is 0.233 e. The molecule has 1 aromatic carbocycles. The fourth-order valence-corrected chi connectivity index (χ4v) is 2.25. The van der Waals surface area contributed by atoms with Gasteiger partial charge in [0, 0.05) is 25.7 Å². The summed E-state index contributed by atoms with van der Waals surface area (Å²) in [6, 6.07) is 12.1. The standard InChI is InChI=1S/C15H19N3O2/c1-2-4-13(5-3-1)14-12-15(17-16-14)20-11-8-18-6-9-19-10-7-18/h1-5,12H,6-11H2,(H,16,17). The second-order valence-corrected chi connectivity index (χ2v) is 4.79. The highest BCUT2D eigenvalue weighted by Gasteiger charge is 2.10. The second-order valence-electron chi connectivity index (χ2n) is 4.79. The summed E-state index contributed by atoms with van der Waals surface area (Å²) in [6.45, 7) is 5.18. The van der Waals surface area contributed by atoms with Gasteiger partial charge < -0.3 is 9.47 Å². The third-order valence-electron chi connectivity index (χ3n) is 3.40. The van der Waals surface area contributed by atoms with Gasteiger partial charge in [0.05, 0.1) is 18.9 Å². The van der Waals surface area contributed by atoms with Crippen LogP contribution >= 0.6 is 0 Å². The van der Waals surface area contributed by atoms with Crippen molar-refractivity contribution in [2.45, 2.75) is 0 Å². The monoisotopic (exact) mass is 273 g/mol. The Balaban J connectivity index is 1.50. The molecule has 1 aliphatic heterocycles. The quantitative estimate of drug-likeness (QED) is 0.902. The summed E-state index contributed by atoms with van der Waals surface area (Å²) in [6.07, 6.45) is 0. The molecule has 0 unspecified atom stereocenters. The van der Waals surface area contributed by atoms with Crippen molar-refractivity contribution in [3.05, 3.63) is 36.4 Å². The molecule has 0 aliphatic carbocycles. The maximum atomic E-state index is 5.69. The number of benzene rings is 1. The molecule has 0 radical (unpaired) electrons. The molecule has 106 valence electrons. The van der Waals surface area contributed by atoms with Gasteiger partial charge in [0.1, 0.15) is 6.61 Å². The first-order chi connectivity index (χ1) is 9.92. The van der Waals surface area contributed by atoms with Gasteiger partial charge in [-0.1, -0.05) is 30.3 Å². The fourth-order valence-electron chi connectivity index (χ4n) is 2.25. The van der Waals surface area contributed by atoms with Crippen LogP contribution in [0.3, 0.4) is 0 Å². The molecule has 5 heteroatoms. The van der Waals surface area contributed by atoms with E-state index >= 15 is 0 Å². The summed E-state index contributed by atoms with van der Waals surface area (Å²) in [5.74, 6) is 0.650. The van der Waals surface area contributed by atoms with Gasteiger partial charge in [-0.15, -0.1) is 5.10 Å². The Kier molecular flexibility index (Phi) is 4.30. The van der Waals surface area contributed by atoms with Crippen LogP contribution in [0.1, 0.15) is 0 Å². The van der Waals surface area contributed by atoms with Crippen molar-refractivity contribution in [3.63, 3.8) is 0 Å². The highest BCUT2D eigenvalue weighted by molar-refractivity contribution is 5.59. The molecule has 5 nitrogen and oxygen atoms in total. The largest absolute Gasteiger partial charge is 0.475 e. The van der Waals surface area contributed by atoms with Gasteiger partial charge >= 0.3 is 0 Å². The lowest BCUT2D eigenvalue weighted by atomic mass is 10.2. The van der Waals surface area contributed by atoms with E-state index in [9.17, 15) is 0 Å². The van der Waals surface area contributed by atoms with Crippen LogP contribution in [0.15, 0.2) is 36.4 Å². The Bertz CT molecular complexity index is 521. The second kappa shape index (κ2) is 6.54. The molecule has 1 aliphatic rings. The maximum Gasteiger partial charge on any atom is 0.233 e. The molecule has 0 saturated carbocycles. The zero-order valence-electron chi connectivity index (χ0n) is 11.4. The molecule has 1 saturated heterocycles. The van der Waals surface area contributed by atoms with Gasteiger partial charge in [0.15, 0.2) is 0 Å². The van der Waals surface area contributed by atoms with Gasteiger partial charge in [-0.2, -0.15) is 0 Å². The molecule has 2 aromatic rings. The molecule has 0 amide bonds. The van der Waals surface area contributed by atoms with Crippen LogP contribution in [0.4, 0.5) is 0 Å². The highest BCUT2D eigenvalue weighted by Crippen LogP contribution is 2.20. The highest BCUT2D eigenvalue weighted by atomic mass is 16.5. The van der Waals surface area contributed by atoms with E-state index in [2.05, 4.69) is 15.1 Å². The van der Waals surface area contributed by atoms with E-state index in [1.165, 1.54) is 0 Å². The first-order valence-corrected chi connectivity index (χ1v) is 6.95. The minimum absolute atomic E-state index is 0.650. The fraction of sp³-hybridized carbons (Fsp3) is 0.400. The van der Waals surface area contributed by atoms with Crippen molar-refractivity contribution in [1.29, 1.82) is 0 Å². The molecule has 2 heterocycles. The molecule has 1 fully saturated rings. The van der Waals surface area contributed by atoms with E-state index < -0.39 is 0 Å². The summed E-state index contributed by atoms with van der Waals surface area (Å²) in [4.78, 5) is 2.34. The van der Waals surface area contributed by atoms with Crippen LogP contribution in [0.2, 0.25) is 0 Å². The number of hydrogen-bond donors (Lipinski definition) is 1. The van der Waals surface area contributed by atoms with E-state index in [1.807, 2.05) is 36.4 Å². The number of nitrogens with zero attached hydrogens (tertiary/aromatic N) is 2. The maximum absolute atomic E-state index is 5.69. The molecule has 1 aromatic heterocycles. The number of nitrogens with one attached hydrogen (secondary N) is 1. The van der Waals surface area contributed by atoms with Crippen LogP contribution in [-0.2, 0) is 4.74 Å². The van der Waals surface area contributed by atoms with Crippen molar-refractivity contribution < 1.29 is 9.47 Å². The van der Waals surface area contributed by atoms with Crippen LogP contribution in [0, 0.1) is 0 Å². The zero-order chi connectivity index (χ0) is 13.6. The van der Waals surface area contributed by atoms with Crippen molar-refractivity contribution in [1.82, 2.24) is 15.1 Å². The van der Waals surface area contributed by atoms with Gasteiger partial charge in [-0.05, 0) is 5.56 Å². The van der Waals surface area contributed by atoms with Gasteiger partial charge in [0.25, 0.3) is 0 Å². The number of morpholine rings is 1. The number of hydrogen-bond acceptors (Lipinski definition) is 4. The molecule has 20 heavy (non-hydrogen) atoms. The summed E-state index contributed by atoms with van der Waals surface area (Å²) >= 11 is 0. The number of H-pyrrole nitrogens is 1. The van der Waals surface area contributed by atoms with Crippen molar-refractivity contribution >= 4 is 0 Å². The zero-order valence-corrected chi connectivity index (χ0v) is 11.4. The number of rotatable bonds is 5. The predicted molar refractivity (Wildman–Crippen MR) is 76.8 cm³/mol. The normalized spacial score (nSPS) is 16.2. The minimum atomic E-state index is 0.650. The Morgan fingerprint density at radius 1 is 1.20 bits per heavy atom. The average Bonchev–Trinajstić information content (AvgIpc) is 2.98. The SMILES string of the molecule is c1ccc(-c2cc(OCCN3CCOCC3)n[nH]2)cc1. The van der Waals surface area contributed by atoms with E-state index in [4.69, 9.17) is 9.47 Å². The summed E-state index contributed by atoms with van der Waals surface area (Å²) in [5.41, 5.74) is 2.09. The Morgan fingerprint density at radius 2 is 2.00 bits per heavy atom. The summed E-state index contributed by atoms with van der Waals surface area (Å²) in [5, 5.41) is 7.19. The predicted octanol–water partition coefficient (Wildman–Crippen LogP) is 1.79. The van der Waals surface area contributed by atoms with Crippen molar-refractivity contribution in [2.75, 3.05) is 39.5 Å². The first kappa shape index (κ1) is 13.1. The van der Waals surface area contributed by atoms with Gasteiger partial charge in [-0.25, -0.2) is 0 Å². The Morgan fingerprint density at radius 3 is 2.80 bits per heavy atom. The Hall–Kier alpha value is -1.85. The molecule has 0 spiro atoms. The molecule has 1 N–H and O–H groups in total. The molecule has 0 bridgehead atoms. The van der Waals surface area contributed by atoms with Crippen LogP contribution in [0.25, 0.3) is 11.3 Å². The van der Waals surface area contributed by atoms with E-state index in [1.54, 1.807) is 0 Å². The van der Waals surface area contributed by atoms with Crippen molar-refractivity contribution in [3.8, 4) is 17.1 Å². The Labute approximate surface area is 118 Å². The number of ether oxygens (including phenoxy) is 2. The first-order valence-electron chi connectivity index (χ1n) is 6.95.